The van der Waals surface area contributed by atoms with E-state index < -0.39 is 0 Å². The van der Waals surface area contributed by atoms with E-state index >= 15 is 0 Å². The van der Waals surface area contributed by atoms with Crippen molar-refractivity contribution in [3.8, 4) is 11.5 Å². The maximum absolute atomic E-state index is 9.72. The first-order chi connectivity index (χ1) is 8.70. The van der Waals surface area contributed by atoms with Crippen LogP contribution >= 0.6 is 0 Å². The Kier molecular flexibility index (Phi) is 5.83. The fourth-order valence-electron chi connectivity index (χ4n) is 1.26. The van der Waals surface area contributed by atoms with Crippen LogP contribution in [-0.4, -0.2) is 59.2 Å². The summed E-state index contributed by atoms with van der Waals surface area (Å²) in [5, 5.41) is 36.6. The van der Waals surface area contributed by atoms with Gasteiger partial charge in [-0.05, 0) is 12.1 Å². The largest absolute Gasteiger partial charge is 0.504 e. The topological polar surface area (TPSA) is 106 Å². The number of aliphatic hydroxyl groups is 2. The van der Waals surface area contributed by atoms with Gasteiger partial charge in [-0.2, -0.15) is 0 Å². The second kappa shape index (κ2) is 7.41. The number of benzene rings is 1. The highest BCUT2D eigenvalue weighted by Crippen LogP contribution is 2.30. The lowest BCUT2D eigenvalue weighted by molar-refractivity contribution is 0.306. The van der Waals surface area contributed by atoms with Gasteiger partial charge in [0.05, 0.1) is 26.3 Å². The standard InChI is InChI=1S/C12H16N2O4/c15-5-3-13-7-9-1-2-10(8-14-4-6-16)12(18)11(9)17/h1-2,7-8,15-18H,3-6H2. The predicted molar refractivity (Wildman–Crippen MR) is 68.9 cm³/mol. The van der Waals surface area contributed by atoms with E-state index in [1.807, 2.05) is 0 Å². The van der Waals surface area contributed by atoms with Crippen molar-refractivity contribution in [1.82, 2.24) is 0 Å². The predicted octanol–water partition coefficient (Wildman–Crippen LogP) is -0.0798. The summed E-state index contributed by atoms with van der Waals surface area (Å²) >= 11 is 0. The number of aromatic hydroxyl groups is 2. The molecule has 0 unspecified atom stereocenters. The first kappa shape index (κ1) is 14.1. The van der Waals surface area contributed by atoms with Gasteiger partial charge >= 0.3 is 0 Å². The molecule has 4 N–H and O–H groups in total. The lowest BCUT2D eigenvalue weighted by Crippen LogP contribution is -1.93. The van der Waals surface area contributed by atoms with Crippen LogP contribution in [-0.2, 0) is 0 Å². The zero-order valence-corrected chi connectivity index (χ0v) is 9.82. The van der Waals surface area contributed by atoms with Crippen molar-refractivity contribution in [3.63, 3.8) is 0 Å². The van der Waals surface area contributed by atoms with Crippen molar-refractivity contribution < 1.29 is 20.4 Å². The highest BCUT2D eigenvalue weighted by Gasteiger charge is 2.08. The Morgan fingerprint density at radius 1 is 0.833 bits per heavy atom. The van der Waals surface area contributed by atoms with E-state index in [1.165, 1.54) is 12.4 Å². The van der Waals surface area contributed by atoms with E-state index in [0.717, 1.165) is 0 Å². The van der Waals surface area contributed by atoms with Crippen LogP contribution in [0.2, 0.25) is 0 Å². The number of nitrogens with zero attached hydrogens (tertiary/aromatic N) is 2. The maximum Gasteiger partial charge on any atom is 0.167 e. The van der Waals surface area contributed by atoms with Crippen molar-refractivity contribution in [2.45, 2.75) is 0 Å². The summed E-state index contributed by atoms with van der Waals surface area (Å²) in [5.41, 5.74) is 0.723. The molecule has 6 heteroatoms. The van der Waals surface area contributed by atoms with Crippen LogP contribution in [0.15, 0.2) is 22.1 Å². The van der Waals surface area contributed by atoms with E-state index in [2.05, 4.69) is 9.98 Å². The third-order valence-corrected chi connectivity index (χ3v) is 2.13. The van der Waals surface area contributed by atoms with E-state index in [4.69, 9.17) is 10.2 Å². The highest BCUT2D eigenvalue weighted by molar-refractivity contribution is 5.91. The molecule has 0 aliphatic heterocycles. The maximum atomic E-state index is 9.72. The molecule has 0 saturated heterocycles. The first-order valence-electron chi connectivity index (χ1n) is 5.47. The van der Waals surface area contributed by atoms with E-state index in [0.29, 0.717) is 11.1 Å². The molecule has 0 saturated carbocycles. The Morgan fingerprint density at radius 2 is 1.22 bits per heavy atom. The van der Waals surface area contributed by atoms with Crippen LogP contribution in [0.25, 0.3) is 0 Å². The SMILES string of the molecule is OCCN=Cc1ccc(C=NCCO)c(O)c1O. The summed E-state index contributed by atoms with van der Waals surface area (Å²) in [6.07, 6.45) is 2.75. The number of phenols is 2. The Balaban J connectivity index is 2.90. The summed E-state index contributed by atoms with van der Waals surface area (Å²) in [4.78, 5) is 7.71. The molecule has 0 amide bonds. The van der Waals surface area contributed by atoms with Crippen LogP contribution in [0.5, 0.6) is 11.5 Å². The minimum Gasteiger partial charge on any atom is -0.504 e. The van der Waals surface area contributed by atoms with Gasteiger partial charge in [0.25, 0.3) is 0 Å². The van der Waals surface area contributed by atoms with Crippen molar-refractivity contribution in [1.29, 1.82) is 0 Å². The van der Waals surface area contributed by atoms with E-state index in [1.54, 1.807) is 12.1 Å². The second-order valence-corrected chi connectivity index (χ2v) is 3.46. The zero-order valence-electron chi connectivity index (χ0n) is 9.82. The Morgan fingerprint density at radius 3 is 1.56 bits per heavy atom. The smallest absolute Gasteiger partial charge is 0.167 e. The Hall–Kier alpha value is -1.92. The first-order valence-corrected chi connectivity index (χ1v) is 5.47. The summed E-state index contributed by atoms with van der Waals surface area (Å²) < 4.78 is 0. The van der Waals surface area contributed by atoms with Gasteiger partial charge in [-0.3, -0.25) is 9.98 Å². The zero-order chi connectivity index (χ0) is 13.4. The number of aliphatic imine (C=N–C) groups is 2. The molecular formula is C12H16N2O4. The molecule has 0 fully saturated rings. The van der Waals surface area contributed by atoms with Gasteiger partial charge in [0.15, 0.2) is 11.5 Å². The van der Waals surface area contributed by atoms with Crippen LogP contribution in [0.3, 0.4) is 0 Å². The normalized spacial score (nSPS) is 11.7. The molecule has 1 aromatic carbocycles. The average Bonchev–Trinajstić information content (AvgIpc) is 2.37. The summed E-state index contributed by atoms with van der Waals surface area (Å²) in [6, 6.07) is 3.16. The number of aliphatic hydroxyl groups excluding tert-OH is 2. The molecule has 0 atom stereocenters. The second-order valence-electron chi connectivity index (χ2n) is 3.46. The molecule has 1 rings (SSSR count). The van der Waals surface area contributed by atoms with Gasteiger partial charge < -0.3 is 20.4 Å². The van der Waals surface area contributed by atoms with Crippen LogP contribution < -0.4 is 0 Å². The quantitative estimate of drug-likeness (QED) is 0.419. The number of hydrogen-bond donors (Lipinski definition) is 4. The minimum atomic E-state index is -0.287. The molecule has 6 nitrogen and oxygen atoms in total. The molecule has 0 radical (unpaired) electrons. The molecule has 0 aliphatic carbocycles. The van der Waals surface area contributed by atoms with Crippen molar-refractivity contribution in [2.24, 2.45) is 9.98 Å². The average molecular weight is 252 g/mol. The fourth-order valence-corrected chi connectivity index (χ4v) is 1.26. The van der Waals surface area contributed by atoms with Crippen LogP contribution in [0.4, 0.5) is 0 Å². The molecule has 0 aliphatic rings. The minimum absolute atomic E-state index is 0.0743. The lowest BCUT2D eigenvalue weighted by Gasteiger charge is -2.04. The fraction of sp³-hybridized carbons (Fsp3) is 0.333. The third kappa shape index (κ3) is 3.83. The molecule has 1 aromatic rings. The van der Waals surface area contributed by atoms with E-state index in [9.17, 15) is 10.2 Å². The van der Waals surface area contributed by atoms with Gasteiger partial charge in [-0.1, -0.05) is 0 Å². The molecular weight excluding hydrogens is 236 g/mol. The van der Waals surface area contributed by atoms with Crippen molar-refractivity contribution >= 4 is 12.4 Å². The van der Waals surface area contributed by atoms with Gasteiger partial charge in [0.2, 0.25) is 0 Å². The van der Waals surface area contributed by atoms with Gasteiger partial charge in [0, 0.05) is 23.6 Å². The highest BCUT2D eigenvalue weighted by atomic mass is 16.3. The van der Waals surface area contributed by atoms with Gasteiger partial charge in [-0.25, -0.2) is 0 Å². The molecule has 0 bridgehead atoms. The summed E-state index contributed by atoms with van der Waals surface area (Å²) in [5.74, 6) is -0.575. The lowest BCUT2D eigenvalue weighted by atomic mass is 10.1. The number of hydrogen-bond acceptors (Lipinski definition) is 6. The van der Waals surface area contributed by atoms with Gasteiger partial charge in [-0.15, -0.1) is 0 Å². The van der Waals surface area contributed by atoms with Crippen molar-refractivity contribution in [3.05, 3.63) is 23.3 Å². The summed E-state index contributed by atoms with van der Waals surface area (Å²) in [6.45, 7) is 0.324. The van der Waals surface area contributed by atoms with Crippen LogP contribution in [0.1, 0.15) is 11.1 Å². The monoisotopic (exact) mass is 252 g/mol. The Labute approximate surface area is 105 Å². The molecule has 0 heterocycles. The molecule has 0 spiro atoms. The molecule has 0 aromatic heterocycles. The Bertz CT molecular complexity index is 403. The third-order valence-electron chi connectivity index (χ3n) is 2.13. The molecule has 18 heavy (non-hydrogen) atoms. The number of rotatable bonds is 6. The van der Waals surface area contributed by atoms with E-state index in [-0.39, 0.29) is 37.8 Å². The van der Waals surface area contributed by atoms with Gasteiger partial charge in [0.1, 0.15) is 0 Å². The summed E-state index contributed by atoms with van der Waals surface area (Å²) in [7, 11) is 0. The van der Waals surface area contributed by atoms with Crippen molar-refractivity contribution in [2.75, 3.05) is 26.3 Å². The molecule has 98 valence electrons. The van der Waals surface area contributed by atoms with Crippen LogP contribution in [0, 0.1) is 0 Å². The number of phenolic OH excluding ortho intramolecular Hbond substituents is 2.